The molecule has 21 heavy (non-hydrogen) atoms. The molecule has 2 rings (SSSR count). The number of alkyl halides is 1. The first-order valence-corrected chi connectivity index (χ1v) is 9.15. The van der Waals surface area contributed by atoms with Gasteiger partial charge in [0.2, 0.25) is 11.8 Å². The average Bonchev–Trinajstić information content (AvgIpc) is 2.81. The van der Waals surface area contributed by atoms with E-state index in [1.165, 1.54) is 0 Å². The van der Waals surface area contributed by atoms with Crippen LogP contribution in [0, 0.1) is 5.92 Å². The maximum Gasteiger partial charge on any atom is 0.240 e. The van der Waals surface area contributed by atoms with Crippen LogP contribution in [0.1, 0.15) is 40.0 Å². The molecule has 2 fully saturated rings. The molecule has 0 bridgehead atoms. The Morgan fingerprint density at radius 2 is 1.81 bits per heavy atom. The predicted octanol–water partition coefficient (Wildman–Crippen LogP) is 2.55. The van der Waals surface area contributed by atoms with E-state index in [9.17, 15) is 9.59 Å². The van der Waals surface area contributed by atoms with Crippen LogP contribution in [-0.4, -0.2) is 57.2 Å². The third kappa shape index (κ3) is 3.67. The lowest BCUT2D eigenvalue weighted by Gasteiger charge is -2.44. The summed E-state index contributed by atoms with van der Waals surface area (Å²) in [5, 5.41) is -0.464. The number of carbonyl (C=O) groups is 2. The Balaban J connectivity index is 2.00. The highest BCUT2D eigenvalue weighted by Crippen LogP contribution is 2.44. The van der Waals surface area contributed by atoms with E-state index in [4.69, 9.17) is 11.6 Å². The molecule has 4 nitrogen and oxygen atoms in total. The summed E-state index contributed by atoms with van der Waals surface area (Å²) in [6.45, 7) is 8.13. The average molecular weight is 333 g/mol. The molecule has 2 heterocycles. The molecule has 0 aromatic rings. The lowest BCUT2D eigenvalue weighted by atomic mass is 10.00. The molecule has 6 heteroatoms. The molecule has 0 aliphatic carbocycles. The summed E-state index contributed by atoms with van der Waals surface area (Å²) in [4.78, 5) is 28.3. The molecule has 0 N–H and O–H groups in total. The van der Waals surface area contributed by atoms with Crippen molar-refractivity contribution < 1.29 is 9.59 Å². The van der Waals surface area contributed by atoms with Crippen molar-refractivity contribution in [2.45, 2.75) is 50.3 Å². The van der Waals surface area contributed by atoms with E-state index in [2.05, 4.69) is 18.7 Å². The molecule has 0 radical (unpaired) electrons. The van der Waals surface area contributed by atoms with Crippen molar-refractivity contribution in [2.24, 2.45) is 5.92 Å². The second-order valence-corrected chi connectivity index (χ2v) is 8.49. The minimum atomic E-state index is -0.464. The molecule has 1 atom stereocenters. The summed E-state index contributed by atoms with van der Waals surface area (Å²) in [7, 11) is 0. The number of amides is 2. The predicted molar refractivity (Wildman–Crippen MR) is 87.5 cm³/mol. The summed E-state index contributed by atoms with van der Waals surface area (Å²) in [5.74, 6) is 1.66. The summed E-state index contributed by atoms with van der Waals surface area (Å²) in [6.07, 6.45) is 2.33. The van der Waals surface area contributed by atoms with Gasteiger partial charge in [-0.05, 0) is 25.7 Å². The van der Waals surface area contributed by atoms with E-state index in [0.29, 0.717) is 25.4 Å². The standard InChI is InChI=1S/C15H25ClN2O2S/c1-11(2)10-13(19)18-8-9-21-15(18)4-6-17(7-5-15)14(20)12(3)16/h11-12H,4-10H2,1-3H3. The molecule has 2 saturated heterocycles. The van der Waals surface area contributed by atoms with E-state index in [1.807, 2.05) is 16.7 Å². The van der Waals surface area contributed by atoms with E-state index >= 15 is 0 Å². The molecule has 0 aromatic heterocycles. The molecule has 120 valence electrons. The third-order valence-corrected chi connectivity index (χ3v) is 6.00. The molecule has 2 aliphatic rings. The van der Waals surface area contributed by atoms with Crippen LogP contribution < -0.4 is 0 Å². The van der Waals surface area contributed by atoms with E-state index < -0.39 is 5.38 Å². The van der Waals surface area contributed by atoms with Crippen LogP contribution in [0.25, 0.3) is 0 Å². The van der Waals surface area contributed by atoms with E-state index in [1.54, 1.807) is 6.92 Å². The molecule has 2 amide bonds. The van der Waals surface area contributed by atoms with Crippen LogP contribution in [0.5, 0.6) is 0 Å². The van der Waals surface area contributed by atoms with Crippen molar-refractivity contribution in [3.63, 3.8) is 0 Å². The van der Waals surface area contributed by atoms with Gasteiger partial charge in [-0.2, -0.15) is 0 Å². The monoisotopic (exact) mass is 332 g/mol. The zero-order valence-electron chi connectivity index (χ0n) is 13.1. The Labute approximate surface area is 136 Å². The molecule has 1 spiro atoms. The fourth-order valence-corrected chi connectivity index (χ4v) is 4.77. The molecule has 1 unspecified atom stereocenters. The first-order valence-electron chi connectivity index (χ1n) is 7.73. The maximum absolute atomic E-state index is 12.5. The van der Waals surface area contributed by atoms with Crippen molar-refractivity contribution >= 4 is 35.2 Å². The highest BCUT2D eigenvalue weighted by atomic mass is 35.5. The normalized spacial score (nSPS) is 22.9. The van der Waals surface area contributed by atoms with Crippen LogP contribution in [0.3, 0.4) is 0 Å². The van der Waals surface area contributed by atoms with Gasteiger partial charge in [0.1, 0.15) is 5.38 Å². The van der Waals surface area contributed by atoms with Gasteiger partial charge in [0.15, 0.2) is 0 Å². The SMILES string of the molecule is CC(C)CC(=O)N1CCSC12CCN(C(=O)C(C)Cl)CC2. The summed E-state index contributed by atoms with van der Waals surface area (Å²) in [5.41, 5.74) is 0. The minimum Gasteiger partial charge on any atom is -0.341 e. The van der Waals surface area contributed by atoms with Crippen molar-refractivity contribution in [1.29, 1.82) is 0 Å². The smallest absolute Gasteiger partial charge is 0.240 e. The van der Waals surface area contributed by atoms with Crippen molar-refractivity contribution in [2.75, 3.05) is 25.4 Å². The molecule has 0 saturated carbocycles. The first kappa shape index (κ1) is 16.9. The lowest BCUT2D eigenvalue weighted by molar-refractivity contribution is -0.137. The Bertz CT molecular complexity index is 406. The van der Waals surface area contributed by atoms with Gasteiger partial charge in [0.05, 0.1) is 4.87 Å². The Morgan fingerprint density at radius 1 is 1.19 bits per heavy atom. The van der Waals surface area contributed by atoms with Crippen molar-refractivity contribution in [1.82, 2.24) is 9.80 Å². The Hall–Kier alpha value is -0.420. The van der Waals surface area contributed by atoms with Crippen LogP contribution in [0.15, 0.2) is 0 Å². The highest BCUT2D eigenvalue weighted by Gasteiger charge is 2.46. The molecular weight excluding hydrogens is 308 g/mol. The second-order valence-electron chi connectivity index (χ2n) is 6.38. The zero-order valence-corrected chi connectivity index (χ0v) is 14.7. The second kappa shape index (κ2) is 6.78. The van der Waals surface area contributed by atoms with Gasteiger partial charge in [0, 0.05) is 31.8 Å². The van der Waals surface area contributed by atoms with Crippen LogP contribution >= 0.6 is 23.4 Å². The summed E-state index contributed by atoms with van der Waals surface area (Å²) in [6, 6.07) is 0. The van der Waals surface area contributed by atoms with Gasteiger partial charge >= 0.3 is 0 Å². The first-order chi connectivity index (χ1) is 9.85. The molecule has 2 aliphatic heterocycles. The Morgan fingerprint density at radius 3 is 2.33 bits per heavy atom. The van der Waals surface area contributed by atoms with Crippen LogP contribution in [0.2, 0.25) is 0 Å². The van der Waals surface area contributed by atoms with Crippen molar-refractivity contribution in [3.8, 4) is 0 Å². The van der Waals surface area contributed by atoms with Gasteiger partial charge in [-0.25, -0.2) is 0 Å². The number of rotatable bonds is 3. The fourth-order valence-electron chi connectivity index (χ4n) is 3.16. The van der Waals surface area contributed by atoms with E-state index in [0.717, 1.165) is 25.1 Å². The van der Waals surface area contributed by atoms with Crippen molar-refractivity contribution in [3.05, 3.63) is 0 Å². The Kier molecular flexibility index (Phi) is 5.47. The minimum absolute atomic E-state index is 0.00886. The summed E-state index contributed by atoms with van der Waals surface area (Å²) >= 11 is 7.77. The van der Waals surface area contributed by atoms with E-state index in [-0.39, 0.29) is 16.7 Å². The molecular formula is C15H25ClN2O2S. The lowest BCUT2D eigenvalue weighted by Crippen LogP contribution is -2.54. The highest BCUT2D eigenvalue weighted by molar-refractivity contribution is 8.00. The topological polar surface area (TPSA) is 40.6 Å². The zero-order chi connectivity index (χ0) is 15.6. The van der Waals surface area contributed by atoms with Gasteiger partial charge < -0.3 is 9.80 Å². The number of carbonyl (C=O) groups excluding carboxylic acids is 2. The number of likely N-dealkylation sites (tertiary alicyclic amines) is 1. The van der Waals surface area contributed by atoms with Crippen LogP contribution in [0.4, 0.5) is 0 Å². The number of thioether (sulfide) groups is 1. The van der Waals surface area contributed by atoms with Gasteiger partial charge in [0.25, 0.3) is 0 Å². The fraction of sp³-hybridized carbons (Fsp3) is 0.867. The molecule has 0 aromatic carbocycles. The third-order valence-electron chi connectivity index (χ3n) is 4.26. The number of hydrogen-bond donors (Lipinski definition) is 0. The van der Waals surface area contributed by atoms with Gasteiger partial charge in [-0.1, -0.05) is 13.8 Å². The largest absolute Gasteiger partial charge is 0.341 e. The van der Waals surface area contributed by atoms with Crippen LogP contribution in [-0.2, 0) is 9.59 Å². The number of hydrogen-bond acceptors (Lipinski definition) is 3. The summed E-state index contributed by atoms with van der Waals surface area (Å²) < 4.78 is 0. The maximum atomic E-state index is 12.5. The number of halogens is 1. The van der Waals surface area contributed by atoms with Gasteiger partial charge in [-0.3, -0.25) is 9.59 Å². The van der Waals surface area contributed by atoms with Gasteiger partial charge in [-0.15, -0.1) is 23.4 Å². The number of nitrogens with zero attached hydrogens (tertiary/aromatic N) is 2. The number of piperidine rings is 1. The quantitative estimate of drug-likeness (QED) is 0.746.